The number of aryl methyl sites for hydroxylation is 2. The molecule has 0 saturated heterocycles. The summed E-state index contributed by atoms with van der Waals surface area (Å²) in [5.41, 5.74) is 7.09. The Morgan fingerprint density at radius 2 is 1.93 bits per heavy atom. The highest BCUT2D eigenvalue weighted by atomic mass is 16.5. The van der Waals surface area contributed by atoms with Crippen molar-refractivity contribution in [2.24, 2.45) is 0 Å². The largest absolute Gasteiger partial charge is 0.497 e. The van der Waals surface area contributed by atoms with Gasteiger partial charge in [0.2, 0.25) is 0 Å². The van der Waals surface area contributed by atoms with Gasteiger partial charge in [-0.05, 0) is 54.2 Å². The van der Waals surface area contributed by atoms with E-state index in [1.54, 1.807) is 7.11 Å². The highest BCUT2D eigenvalue weighted by Gasteiger charge is 2.25. The lowest BCUT2D eigenvalue weighted by molar-refractivity contribution is 0.0945. The summed E-state index contributed by atoms with van der Waals surface area (Å²) in [5.74, 6) is 0.736. The van der Waals surface area contributed by atoms with Crippen molar-refractivity contribution in [2.45, 2.75) is 32.7 Å². The quantitative estimate of drug-likeness (QED) is 0.728. The number of nitrogens with zero attached hydrogens (tertiary/aromatic N) is 1. The molecule has 1 aliphatic rings. The number of amides is 1. The molecule has 1 aliphatic carbocycles. The Labute approximate surface area is 158 Å². The minimum Gasteiger partial charge on any atom is -0.497 e. The summed E-state index contributed by atoms with van der Waals surface area (Å²) >= 11 is 0. The van der Waals surface area contributed by atoms with Gasteiger partial charge in [-0.1, -0.05) is 31.2 Å². The maximum Gasteiger partial charge on any atom is 0.269 e. The molecule has 0 spiro atoms. The number of fused-ring (bicyclic) bond motifs is 3. The number of aromatic amines is 1. The van der Waals surface area contributed by atoms with E-state index >= 15 is 0 Å². The van der Waals surface area contributed by atoms with Gasteiger partial charge in [0.05, 0.1) is 12.8 Å². The first-order valence-corrected chi connectivity index (χ1v) is 9.30. The molecule has 5 nitrogen and oxygen atoms in total. The first-order chi connectivity index (χ1) is 13.2. The Morgan fingerprint density at radius 1 is 1.15 bits per heavy atom. The topological polar surface area (TPSA) is 67.0 Å². The zero-order chi connectivity index (χ0) is 18.8. The van der Waals surface area contributed by atoms with Gasteiger partial charge in [-0.2, -0.15) is 5.10 Å². The summed E-state index contributed by atoms with van der Waals surface area (Å²) in [7, 11) is 1.67. The zero-order valence-corrected chi connectivity index (χ0v) is 15.6. The number of hydrogen-bond acceptors (Lipinski definition) is 3. The third-order valence-corrected chi connectivity index (χ3v) is 5.19. The van der Waals surface area contributed by atoms with E-state index in [4.69, 9.17) is 4.74 Å². The number of rotatable bonds is 5. The van der Waals surface area contributed by atoms with E-state index in [0.29, 0.717) is 12.2 Å². The number of aromatic nitrogens is 2. The van der Waals surface area contributed by atoms with Gasteiger partial charge in [0.25, 0.3) is 5.91 Å². The smallest absolute Gasteiger partial charge is 0.269 e. The molecule has 0 bridgehead atoms. The molecule has 1 aromatic heterocycles. The molecule has 0 radical (unpaired) electrons. The molecule has 2 N–H and O–H groups in total. The van der Waals surface area contributed by atoms with Gasteiger partial charge in [-0.25, -0.2) is 0 Å². The van der Waals surface area contributed by atoms with E-state index in [2.05, 4.69) is 46.7 Å². The van der Waals surface area contributed by atoms with E-state index in [-0.39, 0.29) is 5.91 Å². The number of methoxy groups -OCH3 is 1. The first-order valence-electron chi connectivity index (χ1n) is 9.30. The monoisotopic (exact) mass is 361 g/mol. The normalized spacial score (nSPS) is 12.2. The molecule has 1 heterocycles. The SMILES string of the molecule is CCc1ccc(CNC(=O)c2[nH]nc3c2CCc2cc(OC)ccc2-3)cc1. The van der Waals surface area contributed by atoms with Gasteiger partial charge in [-0.3, -0.25) is 9.89 Å². The second kappa shape index (κ2) is 7.27. The molecular weight excluding hydrogens is 338 g/mol. The van der Waals surface area contributed by atoms with Crippen LogP contribution < -0.4 is 10.1 Å². The number of benzene rings is 2. The van der Waals surface area contributed by atoms with Crippen LogP contribution in [0.3, 0.4) is 0 Å². The van der Waals surface area contributed by atoms with Crippen LogP contribution in [-0.4, -0.2) is 23.2 Å². The highest BCUT2D eigenvalue weighted by molar-refractivity contribution is 5.96. The summed E-state index contributed by atoms with van der Waals surface area (Å²) in [4.78, 5) is 12.7. The Morgan fingerprint density at radius 3 is 2.67 bits per heavy atom. The number of hydrogen-bond donors (Lipinski definition) is 2. The van der Waals surface area contributed by atoms with Gasteiger partial charge in [0, 0.05) is 17.7 Å². The van der Waals surface area contributed by atoms with Gasteiger partial charge < -0.3 is 10.1 Å². The molecule has 2 aromatic carbocycles. The van der Waals surface area contributed by atoms with Crippen LogP contribution in [0.2, 0.25) is 0 Å². The predicted molar refractivity (Wildman–Crippen MR) is 105 cm³/mol. The van der Waals surface area contributed by atoms with E-state index in [1.165, 1.54) is 11.1 Å². The third-order valence-electron chi connectivity index (χ3n) is 5.19. The minimum absolute atomic E-state index is 0.111. The molecule has 0 aliphatic heterocycles. The lowest BCUT2D eigenvalue weighted by atomic mass is 9.89. The van der Waals surface area contributed by atoms with Crippen LogP contribution in [0.25, 0.3) is 11.3 Å². The lowest BCUT2D eigenvalue weighted by Crippen LogP contribution is -2.24. The van der Waals surface area contributed by atoms with Crippen molar-refractivity contribution in [2.75, 3.05) is 7.11 Å². The van der Waals surface area contributed by atoms with Crippen LogP contribution in [0.15, 0.2) is 42.5 Å². The van der Waals surface area contributed by atoms with Crippen LogP contribution in [0.1, 0.15) is 39.7 Å². The van der Waals surface area contributed by atoms with Gasteiger partial charge in [-0.15, -0.1) is 0 Å². The fourth-order valence-corrected chi connectivity index (χ4v) is 3.58. The number of carbonyl (C=O) groups is 1. The van der Waals surface area contributed by atoms with E-state index < -0.39 is 0 Å². The zero-order valence-electron chi connectivity index (χ0n) is 15.6. The van der Waals surface area contributed by atoms with Crippen molar-refractivity contribution in [3.8, 4) is 17.0 Å². The number of nitrogens with one attached hydrogen (secondary N) is 2. The summed E-state index contributed by atoms with van der Waals surface area (Å²) in [5, 5.41) is 10.4. The van der Waals surface area contributed by atoms with Gasteiger partial charge in [0.1, 0.15) is 11.4 Å². The van der Waals surface area contributed by atoms with Gasteiger partial charge in [0.15, 0.2) is 0 Å². The molecule has 5 heteroatoms. The molecule has 1 amide bonds. The predicted octanol–water partition coefficient (Wildman–Crippen LogP) is 3.68. The fourth-order valence-electron chi connectivity index (χ4n) is 3.58. The third kappa shape index (κ3) is 3.33. The number of carbonyl (C=O) groups excluding carboxylic acids is 1. The van der Waals surface area contributed by atoms with Crippen molar-refractivity contribution in [3.05, 3.63) is 70.4 Å². The Kier molecular flexibility index (Phi) is 4.67. The van der Waals surface area contributed by atoms with Crippen LogP contribution in [0, 0.1) is 0 Å². The standard InChI is InChI=1S/C22H23N3O2/c1-3-14-4-6-15(7-5-14)13-23-22(26)21-19-10-8-16-12-17(27-2)9-11-18(16)20(19)24-25-21/h4-7,9,11-12H,3,8,10,13H2,1-2H3,(H,23,26)(H,24,25). The molecule has 3 aromatic rings. The van der Waals surface area contributed by atoms with Gasteiger partial charge >= 0.3 is 0 Å². The van der Waals surface area contributed by atoms with Crippen molar-refractivity contribution in [1.82, 2.24) is 15.5 Å². The van der Waals surface area contributed by atoms with Crippen molar-refractivity contribution < 1.29 is 9.53 Å². The fraction of sp³-hybridized carbons (Fsp3) is 0.273. The second-order valence-electron chi connectivity index (χ2n) is 6.80. The van der Waals surface area contributed by atoms with Crippen molar-refractivity contribution in [1.29, 1.82) is 0 Å². The van der Waals surface area contributed by atoms with Crippen LogP contribution in [0.5, 0.6) is 5.75 Å². The Balaban J connectivity index is 1.52. The average Bonchev–Trinajstić information content (AvgIpc) is 3.16. The molecule has 0 saturated carbocycles. The van der Waals surface area contributed by atoms with Crippen molar-refractivity contribution >= 4 is 5.91 Å². The minimum atomic E-state index is -0.111. The summed E-state index contributed by atoms with van der Waals surface area (Å²) in [6, 6.07) is 14.3. The van der Waals surface area contributed by atoms with E-state index in [9.17, 15) is 4.79 Å². The molecule has 0 unspecified atom stereocenters. The van der Waals surface area contributed by atoms with Crippen LogP contribution in [0.4, 0.5) is 0 Å². The summed E-state index contributed by atoms with van der Waals surface area (Å²) in [6.07, 6.45) is 2.68. The molecule has 0 atom stereocenters. The summed E-state index contributed by atoms with van der Waals surface area (Å²) < 4.78 is 5.31. The van der Waals surface area contributed by atoms with E-state index in [0.717, 1.165) is 47.4 Å². The molecular formula is C22H23N3O2. The Bertz CT molecular complexity index is 974. The lowest BCUT2D eigenvalue weighted by Gasteiger charge is -2.17. The number of ether oxygens (including phenoxy) is 1. The van der Waals surface area contributed by atoms with Crippen LogP contribution in [-0.2, 0) is 25.8 Å². The molecule has 0 fully saturated rings. The maximum absolute atomic E-state index is 12.7. The highest BCUT2D eigenvalue weighted by Crippen LogP contribution is 2.35. The maximum atomic E-state index is 12.7. The second-order valence-corrected chi connectivity index (χ2v) is 6.80. The first kappa shape index (κ1) is 17.3. The molecule has 138 valence electrons. The van der Waals surface area contributed by atoms with E-state index in [1.807, 2.05) is 18.2 Å². The van der Waals surface area contributed by atoms with Crippen molar-refractivity contribution in [3.63, 3.8) is 0 Å². The molecule has 4 rings (SSSR count). The Hall–Kier alpha value is -3.08. The van der Waals surface area contributed by atoms with Crippen LogP contribution >= 0.6 is 0 Å². The molecule has 27 heavy (non-hydrogen) atoms. The average molecular weight is 361 g/mol. The summed E-state index contributed by atoms with van der Waals surface area (Å²) in [6.45, 7) is 2.64. The number of H-pyrrole nitrogens is 1.